The van der Waals surface area contributed by atoms with Gasteiger partial charge in [0.2, 0.25) is 0 Å². The standard InChI is InChI=1S/C12H21N3OS/c1-9(2)4-5-16-6-7-17-12-14-10(3)8-11(13)15-12/h8-9H,4-7H2,1-3H3,(H2,13,14,15). The lowest BCUT2D eigenvalue weighted by molar-refractivity contribution is 0.138. The molecule has 5 heteroatoms. The molecule has 0 unspecified atom stereocenters. The normalized spacial score (nSPS) is 11.1. The molecule has 4 nitrogen and oxygen atoms in total. The van der Waals surface area contributed by atoms with Crippen LogP contribution in [-0.2, 0) is 4.74 Å². The molecule has 0 saturated heterocycles. The molecule has 1 aromatic heterocycles. The zero-order chi connectivity index (χ0) is 12.7. The number of nitrogen functional groups attached to an aromatic ring is 1. The summed E-state index contributed by atoms with van der Waals surface area (Å²) in [6.45, 7) is 7.87. The van der Waals surface area contributed by atoms with Crippen molar-refractivity contribution in [2.45, 2.75) is 32.3 Å². The molecule has 0 aliphatic rings. The smallest absolute Gasteiger partial charge is 0.189 e. The molecular weight excluding hydrogens is 234 g/mol. The lowest BCUT2D eigenvalue weighted by Crippen LogP contribution is -2.03. The number of anilines is 1. The Labute approximate surface area is 107 Å². The lowest BCUT2D eigenvalue weighted by atomic mass is 10.1. The third-order valence-corrected chi connectivity index (χ3v) is 2.96. The fraction of sp³-hybridized carbons (Fsp3) is 0.667. The summed E-state index contributed by atoms with van der Waals surface area (Å²) in [6.07, 6.45) is 1.11. The van der Waals surface area contributed by atoms with Crippen molar-refractivity contribution in [1.82, 2.24) is 9.97 Å². The summed E-state index contributed by atoms with van der Waals surface area (Å²) in [5.41, 5.74) is 6.55. The van der Waals surface area contributed by atoms with Gasteiger partial charge in [-0.25, -0.2) is 9.97 Å². The molecule has 0 saturated carbocycles. The van der Waals surface area contributed by atoms with E-state index in [1.54, 1.807) is 17.8 Å². The Bertz CT molecular complexity index is 324. The van der Waals surface area contributed by atoms with Crippen molar-refractivity contribution in [3.63, 3.8) is 0 Å². The van der Waals surface area contributed by atoms with Gasteiger partial charge < -0.3 is 10.5 Å². The Morgan fingerprint density at radius 2 is 2.12 bits per heavy atom. The summed E-state index contributed by atoms with van der Waals surface area (Å²) in [5, 5.41) is 0.731. The van der Waals surface area contributed by atoms with Crippen LogP contribution in [0, 0.1) is 12.8 Å². The van der Waals surface area contributed by atoms with Crippen LogP contribution in [0.4, 0.5) is 5.82 Å². The summed E-state index contributed by atoms with van der Waals surface area (Å²) in [4.78, 5) is 8.45. The van der Waals surface area contributed by atoms with E-state index >= 15 is 0 Å². The quantitative estimate of drug-likeness (QED) is 0.461. The van der Waals surface area contributed by atoms with Crippen molar-refractivity contribution >= 4 is 17.6 Å². The number of aromatic nitrogens is 2. The van der Waals surface area contributed by atoms with Crippen molar-refractivity contribution in [1.29, 1.82) is 0 Å². The number of hydrogen-bond acceptors (Lipinski definition) is 5. The molecule has 0 radical (unpaired) electrons. The van der Waals surface area contributed by atoms with Gasteiger partial charge in [0.15, 0.2) is 5.16 Å². The van der Waals surface area contributed by atoms with Crippen LogP contribution in [0.3, 0.4) is 0 Å². The van der Waals surface area contributed by atoms with Gasteiger partial charge in [-0.1, -0.05) is 25.6 Å². The van der Waals surface area contributed by atoms with Gasteiger partial charge in [0.05, 0.1) is 6.61 Å². The maximum atomic E-state index is 5.65. The summed E-state index contributed by atoms with van der Waals surface area (Å²) in [5.74, 6) is 2.09. The molecule has 2 N–H and O–H groups in total. The van der Waals surface area contributed by atoms with Crippen LogP contribution in [0.15, 0.2) is 11.2 Å². The Balaban J connectivity index is 2.18. The molecule has 0 aliphatic carbocycles. The molecule has 0 amide bonds. The zero-order valence-corrected chi connectivity index (χ0v) is 11.6. The van der Waals surface area contributed by atoms with E-state index in [0.29, 0.717) is 11.7 Å². The van der Waals surface area contributed by atoms with E-state index in [-0.39, 0.29) is 0 Å². The first-order valence-corrected chi connectivity index (χ1v) is 6.88. The zero-order valence-electron chi connectivity index (χ0n) is 10.8. The lowest BCUT2D eigenvalue weighted by Gasteiger charge is -2.06. The van der Waals surface area contributed by atoms with Gasteiger partial charge in [-0.2, -0.15) is 0 Å². The number of nitrogens with zero attached hydrogens (tertiary/aromatic N) is 2. The van der Waals surface area contributed by atoms with Gasteiger partial charge in [-0.3, -0.25) is 0 Å². The van der Waals surface area contributed by atoms with Crippen LogP contribution in [0.25, 0.3) is 0 Å². The third-order valence-electron chi connectivity index (χ3n) is 2.15. The van der Waals surface area contributed by atoms with Crippen LogP contribution in [0.2, 0.25) is 0 Å². The van der Waals surface area contributed by atoms with Gasteiger partial charge in [0.25, 0.3) is 0 Å². The number of aryl methyl sites for hydroxylation is 1. The van der Waals surface area contributed by atoms with E-state index < -0.39 is 0 Å². The minimum absolute atomic E-state index is 0.528. The fourth-order valence-electron chi connectivity index (χ4n) is 1.24. The summed E-state index contributed by atoms with van der Waals surface area (Å²) >= 11 is 1.58. The van der Waals surface area contributed by atoms with Crippen LogP contribution in [0.1, 0.15) is 26.0 Å². The maximum Gasteiger partial charge on any atom is 0.189 e. The van der Waals surface area contributed by atoms with Crippen LogP contribution in [0.5, 0.6) is 0 Å². The first-order chi connectivity index (χ1) is 8.08. The van der Waals surface area contributed by atoms with E-state index in [4.69, 9.17) is 10.5 Å². The molecule has 0 bridgehead atoms. The van der Waals surface area contributed by atoms with E-state index in [1.807, 2.05) is 6.92 Å². The number of nitrogens with two attached hydrogens (primary N) is 1. The molecule has 0 fully saturated rings. The second kappa shape index (κ2) is 7.50. The van der Waals surface area contributed by atoms with Crippen molar-refractivity contribution in [2.24, 2.45) is 5.92 Å². The monoisotopic (exact) mass is 255 g/mol. The van der Waals surface area contributed by atoms with Crippen molar-refractivity contribution < 1.29 is 4.74 Å². The van der Waals surface area contributed by atoms with Gasteiger partial charge in [0, 0.05) is 24.1 Å². The highest BCUT2D eigenvalue weighted by Crippen LogP contribution is 2.14. The van der Waals surface area contributed by atoms with Gasteiger partial charge >= 0.3 is 0 Å². The number of thioether (sulfide) groups is 1. The van der Waals surface area contributed by atoms with Crippen molar-refractivity contribution in [3.8, 4) is 0 Å². The highest BCUT2D eigenvalue weighted by Gasteiger charge is 2.01. The first-order valence-electron chi connectivity index (χ1n) is 5.89. The average Bonchev–Trinajstić information content (AvgIpc) is 2.21. The van der Waals surface area contributed by atoms with E-state index in [9.17, 15) is 0 Å². The summed E-state index contributed by atoms with van der Waals surface area (Å²) in [7, 11) is 0. The van der Waals surface area contributed by atoms with Crippen LogP contribution >= 0.6 is 11.8 Å². The molecular formula is C12H21N3OS. The minimum atomic E-state index is 0.528. The predicted octanol–water partition coefficient (Wildman–Crippen LogP) is 2.52. The highest BCUT2D eigenvalue weighted by atomic mass is 32.2. The second-order valence-corrected chi connectivity index (χ2v) is 5.42. The Kier molecular flexibility index (Phi) is 6.29. The van der Waals surface area contributed by atoms with E-state index in [1.165, 1.54) is 0 Å². The summed E-state index contributed by atoms with van der Waals surface area (Å²) < 4.78 is 5.52. The molecule has 1 rings (SSSR count). The topological polar surface area (TPSA) is 61.0 Å². The van der Waals surface area contributed by atoms with Crippen LogP contribution < -0.4 is 5.73 Å². The van der Waals surface area contributed by atoms with Crippen LogP contribution in [-0.4, -0.2) is 28.9 Å². The largest absolute Gasteiger partial charge is 0.384 e. The molecule has 96 valence electrons. The average molecular weight is 255 g/mol. The predicted molar refractivity (Wildman–Crippen MR) is 72.2 cm³/mol. The Morgan fingerprint density at radius 3 is 2.76 bits per heavy atom. The molecule has 1 aromatic rings. The van der Waals surface area contributed by atoms with E-state index in [0.717, 1.165) is 36.2 Å². The number of ether oxygens (including phenoxy) is 1. The van der Waals surface area contributed by atoms with Crippen molar-refractivity contribution in [3.05, 3.63) is 11.8 Å². The number of hydrogen-bond donors (Lipinski definition) is 1. The molecule has 0 atom stereocenters. The molecule has 0 spiro atoms. The van der Waals surface area contributed by atoms with Gasteiger partial charge in [-0.15, -0.1) is 0 Å². The minimum Gasteiger partial charge on any atom is -0.384 e. The van der Waals surface area contributed by atoms with Gasteiger partial charge in [0.1, 0.15) is 5.82 Å². The molecule has 0 aliphatic heterocycles. The Morgan fingerprint density at radius 1 is 1.35 bits per heavy atom. The number of rotatable bonds is 7. The maximum absolute atomic E-state index is 5.65. The highest BCUT2D eigenvalue weighted by molar-refractivity contribution is 7.99. The first kappa shape index (κ1) is 14.3. The van der Waals surface area contributed by atoms with Gasteiger partial charge in [-0.05, 0) is 19.3 Å². The summed E-state index contributed by atoms with van der Waals surface area (Å²) in [6, 6.07) is 1.77. The van der Waals surface area contributed by atoms with E-state index in [2.05, 4.69) is 23.8 Å². The fourth-order valence-corrected chi connectivity index (χ4v) is 2.00. The molecule has 1 heterocycles. The molecule has 0 aromatic carbocycles. The van der Waals surface area contributed by atoms with Crippen molar-refractivity contribution in [2.75, 3.05) is 24.7 Å². The third kappa shape index (κ3) is 6.48. The Hall–Kier alpha value is -0.810. The SMILES string of the molecule is Cc1cc(N)nc(SCCOCCC(C)C)n1. The molecule has 17 heavy (non-hydrogen) atoms. The second-order valence-electron chi connectivity index (χ2n) is 4.36.